The molecule has 0 bridgehead atoms. The number of para-hydroxylation sites is 1. The zero-order valence-corrected chi connectivity index (χ0v) is 23.8. The molecular weight excluding hydrogens is 538 g/mol. The minimum atomic E-state index is -1.24. The van der Waals surface area contributed by atoms with Crippen molar-refractivity contribution in [2.24, 2.45) is 11.7 Å². The van der Waals surface area contributed by atoms with E-state index in [1.807, 2.05) is 44.4 Å². The fraction of sp³-hybridized carbons (Fsp3) is 0.519. The number of rotatable bonds is 17. The predicted octanol–water partition coefficient (Wildman–Crippen LogP) is 1.24. The van der Waals surface area contributed by atoms with Crippen LogP contribution in [0.5, 0.6) is 0 Å². The highest BCUT2D eigenvalue weighted by Gasteiger charge is 2.31. The summed E-state index contributed by atoms with van der Waals surface area (Å²) in [7, 11) is 0. The van der Waals surface area contributed by atoms with Crippen LogP contribution < -0.4 is 21.7 Å². The molecule has 0 spiro atoms. The van der Waals surface area contributed by atoms with E-state index in [0.29, 0.717) is 5.75 Å². The molecular formula is C27H39N5O7S. The second kappa shape index (κ2) is 15.9. The quantitative estimate of drug-likeness (QED) is 0.144. The Morgan fingerprint density at radius 1 is 0.925 bits per heavy atom. The first-order chi connectivity index (χ1) is 18.9. The van der Waals surface area contributed by atoms with Gasteiger partial charge in [-0.3, -0.25) is 19.2 Å². The minimum Gasteiger partial charge on any atom is -0.481 e. The van der Waals surface area contributed by atoms with Gasteiger partial charge in [-0.05, 0) is 48.8 Å². The van der Waals surface area contributed by atoms with Gasteiger partial charge in [0.2, 0.25) is 17.7 Å². The second-order valence-corrected chi connectivity index (χ2v) is 11.0. The van der Waals surface area contributed by atoms with E-state index in [1.54, 1.807) is 6.20 Å². The number of nitrogens with one attached hydrogen (secondary N) is 4. The number of thioether (sulfide) groups is 1. The second-order valence-electron chi connectivity index (χ2n) is 10.0. The fourth-order valence-electron chi connectivity index (χ4n) is 4.16. The van der Waals surface area contributed by atoms with Gasteiger partial charge >= 0.3 is 11.9 Å². The molecule has 220 valence electrons. The van der Waals surface area contributed by atoms with Crippen LogP contribution in [0.1, 0.15) is 45.1 Å². The Labute approximate surface area is 237 Å². The third-order valence-electron chi connectivity index (χ3n) is 6.30. The zero-order valence-electron chi connectivity index (χ0n) is 22.9. The Bertz CT molecular complexity index is 1180. The molecule has 1 aromatic heterocycles. The molecule has 0 radical (unpaired) electrons. The average Bonchev–Trinajstić information content (AvgIpc) is 3.30. The van der Waals surface area contributed by atoms with Crippen LogP contribution in [0.3, 0.4) is 0 Å². The van der Waals surface area contributed by atoms with Crippen LogP contribution in [0.4, 0.5) is 0 Å². The van der Waals surface area contributed by atoms with E-state index >= 15 is 0 Å². The number of nitrogens with two attached hydrogens (primary N) is 1. The number of hydrogen-bond acceptors (Lipinski definition) is 7. The van der Waals surface area contributed by atoms with E-state index in [9.17, 15) is 29.1 Å². The van der Waals surface area contributed by atoms with Crippen molar-refractivity contribution in [3.63, 3.8) is 0 Å². The van der Waals surface area contributed by atoms with Crippen LogP contribution in [-0.2, 0) is 30.4 Å². The van der Waals surface area contributed by atoms with Crippen LogP contribution in [0.2, 0.25) is 0 Å². The number of fused-ring (bicyclic) bond motifs is 1. The van der Waals surface area contributed by atoms with Crippen molar-refractivity contribution in [1.82, 2.24) is 20.9 Å². The van der Waals surface area contributed by atoms with Crippen LogP contribution >= 0.6 is 11.8 Å². The summed E-state index contributed by atoms with van der Waals surface area (Å²) in [6.45, 7) is 3.72. The molecule has 0 fully saturated rings. The minimum absolute atomic E-state index is 0.00247. The number of H-pyrrole nitrogens is 1. The monoisotopic (exact) mass is 577 g/mol. The van der Waals surface area contributed by atoms with E-state index < -0.39 is 53.8 Å². The van der Waals surface area contributed by atoms with E-state index in [4.69, 9.17) is 10.8 Å². The first-order valence-electron chi connectivity index (χ1n) is 13.1. The number of aliphatic carboxylic acids is 2. The topological polar surface area (TPSA) is 204 Å². The number of carboxylic acid groups (broad SMARTS) is 2. The van der Waals surface area contributed by atoms with Crippen LogP contribution in [0.15, 0.2) is 30.5 Å². The highest BCUT2D eigenvalue weighted by atomic mass is 32.2. The number of aromatic nitrogens is 1. The summed E-state index contributed by atoms with van der Waals surface area (Å²) >= 11 is 1.46. The molecule has 8 N–H and O–H groups in total. The average molecular weight is 578 g/mol. The van der Waals surface area contributed by atoms with Gasteiger partial charge in [-0.15, -0.1) is 0 Å². The number of aromatic amines is 1. The standard InChI is InChI=1S/C27H39N5O7S/c1-15(2)12-21(31-24(35)18(28)8-9-23(33)34)26(37)30-20(10-11-40-3)25(36)32-22(27(38)39)13-16-14-29-19-7-5-4-6-17(16)19/h4-7,14-15,18,20-22,29H,8-13,28H2,1-3H3,(H,30,37)(H,31,35)(H,32,36)(H,33,34)(H,38,39). The molecule has 0 aliphatic rings. The van der Waals surface area contributed by atoms with Crippen molar-refractivity contribution in [2.75, 3.05) is 12.0 Å². The maximum absolute atomic E-state index is 13.2. The summed E-state index contributed by atoms with van der Waals surface area (Å²) in [5.74, 6) is -3.73. The lowest BCUT2D eigenvalue weighted by atomic mass is 10.0. The lowest BCUT2D eigenvalue weighted by Gasteiger charge is -2.26. The first-order valence-corrected chi connectivity index (χ1v) is 14.5. The third-order valence-corrected chi connectivity index (χ3v) is 6.95. The van der Waals surface area contributed by atoms with Crippen LogP contribution in [0, 0.1) is 5.92 Å². The molecule has 0 aliphatic carbocycles. The summed E-state index contributed by atoms with van der Waals surface area (Å²) < 4.78 is 0. The third kappa shape index (κ3) is 10.2. The van der Waals surface area contributed by atoms with Crippen molar-refractivity contribution < 1.29 is 34.2 Å². The number of carbonyl (C=O) groups is 5. The van der Waals surface area contributed by atoms with E-state index in [-0.39, 0.29) is 38.0 Å². The van der Waals surface area contributed by atoms with Gasteiger partial charge in [0, 0.05) is 29.9 Å². The molecule has 2 aromatic rings. The number of carbonyl (C=O) groups excluding carboxylic acids is 3. The Balaban J connectivity index is 2.15. The number of amides is 3. The normalized spacial score (nSPS) is 14.2. The molecule has 2 rings (SSSR count). The summed E-state index contributed by atoms with van der Waals surface area (Å²) in [4.78, 5) is 65.0. The van der Waals surface area contributed by atoms with Gasteiger partial charge in [-0.2, -0.15) is 11.8 Å². The lowest BCUT2D eigenvalue weighted by Crippen LogP contribution is -2.57. The molecule has 13 heteroatoms. The van der Waals surface area contributed by atoms with Gasteiger partial charge < -0.3 is 36.9 Å². The maximum atomic E-state index is 13.2. The molecule has 40 heavy (non-hydrogen) atoms. The van der Waals surface area contributed by atoms with E-state index in [1.165, 1.54) is 11.8 Å². The summed E-state index contributed by atoms with van der Waals surface area (Å²) in [5, 5.41) is 27.3. The maximum Gasteiger partial charge on any atom is 0.326 e. The van der Waals surface area contributed by atoms with Gasteiger partial charge in [-0.1, -0.05) is 32.0 Å². The molecule has 0 saturated heterocycles. The molecule has 1 heterocycles. The molecule has 4 unspecified atom stereocenters. The molecule has 0 aliphatic heterocycles. The van der Waals surface area contributed by atoms with Crippen molar-refractivity contribution in [2.45, 2.75) is 70.1 Å². The van der Waals surface area contributed by atoms with Crippen LogP contribution in [-0.4, -0.2) is 81.0 Å². The predicted molar refractivity (Wildman–Crippen MR) is 153 cm³/mol. The number of benzene rings is 1. The van der Waals surface area contributed by atoms with Gasteiger partial charge in [0.1, 0.15) is 18.1 Å². The number of hydrogen-bond donors (Lipinski definition) is 7. The zero-order chi connectivity index (χ0) is 29.8. The van der Waals surface area contributed by atoms with E-state index in [0.717, 1.165) is 16.5 Å². The largest absolute Gasteiger partial charge is 0.481 e. The Hall–Kier alpha value is -3.58. The Kier molecular flexibility index (Phi) is 12.9. The molecule has 3 amide bonds. The Morgan fingerprint density at radius 2 is 1.55 bits per heavy atom. The molecule has 1 aromatic carbocycles. The number of carboxylic acids is 2. The summed E-state index contributed by atoms with van der Waals surface area (Å²) in [6.07, 6.45) is 3.68. The molecule has 4 atom stereocenters. The van der Waals surface area contributed by atoms with Gasteiger partial charge in [0.15, 0.2) is 0 Å². The molecule has 12 nitrogen and oxygen atoms in total. The van der Waals surface area contributed by atoms with Crippen molar-refractivity contribution in [1.29, 1.82) is 0 Å². The van der Waals surface area contributed by atoms with Crippen molar-refractivity contribution in [3.05, 3.63) is 36.0 Å². The van der Waals surface area contributed by atoms with E-state index in [2.05, 4.69) is 20.9 Å². The fourth-order valence-corrected chi connectivity index (χ4v) is 4.63. The Morgan fingerprint density at radius 3 is 2.17 bits per heavy atom. The highest BCUT2D eigenvalue weighted by Crippen LogP contribution is 2.19. The summed E-state index contributed by atoms with van der Waals surface area (Å²) in [5.41, 5.74) is 7.38. The first kappa shape index (κ1) is 32.6. The molecule has 0 saturated carbocycles. The summed E-state index contributed by atoms with van der Waals surface area (Å²) in [6, 6.07) is 3.01. The SMILES string of the molecule is CSCCC(NC(=O)C(CC(C)C)NC(=O)C(N)CCC(=O)O)C(=O)NC(Cc1c[nH]c2ccccc12)C(=O)O. The smallest absolute Gasteiger partial charge is 0.326 e. The highest BCUT2D eigenvalue weighted by molar-refractivity contribution is 7.98. The van der Waals surface area contributed by atoms with Gasteiger partial charge in [0.25, 0.3) is 0 Å². The van der Waals surface area contributed by atoms with Crippen molar-refractivity contribution >= 4 is 52.3 Å². The lowest BCUT2D eigenvalue weighted by molar-refractivity contribution is -0.142. The van der Waals surface area contributed by atoms with Crippen LogP contribution in [0.25, 0.3) is 10.9 Å². The van der Waals surface area contributed by atoms with Gasteiger partial charge in [0.05, 0.1) is 6.04 Å². The van der Waals surface area contributed by atoms with Gasteiger partial charge in [-0.25, -0.2) is 4.79 Å². The van der Waals surface area contributed by atoms with Crippen molar-refractivity contribution in [3.8, 4) is 0 Å².